The molecule has 1 amide bonds. The van der Waals surface area contributed by atoms with Gasteiger partial charge in [-0.05, 0) is 25.1 Å². The van der Waals surface area contributed by atoms with Crippen molar-refractivity contribution < 1.29 is 22.4 Å². The number of aliphatic imine (C=N–C) groups is 1. The Morgan fingerprint density at radius 1 is 1.07 bits per heavy atom. The van der Waals surface area contributed by atoms with E-state index in [1.807, 2.05) is 31.2 Å². The van der Waals surface area contributed by atoms with Gasteiger partial charge in [0, 0.05) is 18.0 Å². The van der Waals surface area contributed by atoms with E-state index in [2.05, 4.69) is 20.9 Å². The van der Waals surface area contributed by atoms with Crippen molar-refractivity contribution in [2.75, 3.05) is 18.9 Å². The number of amides is 1. The molecule has 9 heteroatoms. The van der Waals surface area contributed by atoms with Crippen LogP contribution in [0, 0.1) is 24.4 Å². The summed E-state index contributed by atoms with van der Waals surface area (Å²) in [6, 6.07) is 9.34. The number of fused-ring (bicyclic) bond motifs is 1. The molecule has 0 atom stereocenters. The third kappa shape index (κ3) is 4.50. The van der Waals surface area contributed by atoms with Gasteiger partial charge in [-0.25, -0.2) is 13.2 Å². The van der Waals surface area contributed by atoms with Crippen LogP contribution in [0.1, 0.15) is 11.3 Å². The number of nitrogens with zero attached hydrogens (tertiary/aromatic N) is 1. The lowest BCUT2D eigenvalue weighted by Gasteiger charge is -2.12. The highest BCUT2D eigenvalue weighted by Gasteiger charge is 2.15. The molecular weight excluding hydrogens is 385 g/mol. The topological polar surface area (TPSA) is 78.7 Å². The number of benzene rings is 2. The number of nitrogens with one attached hydrogen (secondary N) is 3. The third-order valence-electron chi connectivity index (χ3n) is 4.31. The second-order valence-corrected chi connectivity index (χ2v) is 6.20. The summed E-state index contributed by atoms with van der Waals surface area (Å²) < 4.78 is 45.6. The first kappa shape index (κ1) is 20.2. The molecule has 29 heavy (non-hydrogen) atoms. The zero-order valence-corrected chi connectivity index (χ0v) is 15.8. The minimum Gasteiger partial charge on any atom is -0.459 e. The van der Waals surface area contributed by atoms with E-state index in [9.17, 15) is 18.0 Å². The van der Waals surface area contributed by atoms with Crippen LogP contribution in [-0.2, 0) is 11.3 Å². The number of carbonyl (C=O) groups excluding carboxylic acids is 1. The molecule has 6 nitrogen and oxygen atoms in total. The number of hydrogen-bond acceptors (Lipinski definition) is 3. The molecule has 0 bridgehead atoms. The quantitative estimate of drug-likeness (QED) is 0.346. The van der Waals surface area contributed by atoms with Gasteiger partial charge in [0.1, 0.15) is 11.3 Å². The number of aryl methyl sites for hydroxylation is 1. The normalized spacial score (nSPS) is 11.6. The van der Waals surface area contributed by atoms with Crippen molar-refractivity contribution in [1.82, 2.24) is 10.6 Å². The lowest BCUT2D eigenvalue weighted by atomic mass is 10.1. The number of hydrogen-bond donors (Lipinski definition) is 3. The van der Waals surface area contributed by atoms with E-state index in [1.165, 1.54) is 7.05 Å². The van der Waals surface area contributed by atoms with E-state index in [1.54, 1.807) is 0 Å². The van der Waals surface area contributed by atoms with Gasteiger partial charge in [0.15, 0.2) is 23.4 Å². The van der Waals surface area contributed by atoms with Gasteiger partial charge in [-0.2, -0.15) is 0 Å². The van der Waals surface area contributed by atoms with Crippen molar-refractivity contribution in [3.63, 3.8) is 0 Å². The molecule has 0 saturated carbocycles. The van der Waals surface area contributed by atoms with Gasteiger partial charge in [-0.1, -0.05) is 18.2 Å². The van der Waals surface area contributed by atoms with Crippen LogP contribution in [0.15, 0.2) is 45.8 Å². The second-order valence-electron chi connectivity index (χ2n) is 6.20. The van der Waals surface area contributed by atoms with Gasteiger partial charge in [-0.3, -0.25) is 9.79 Å². The summed E-state index contributed by atoms with van der Waals surface area (Å²) in [7, 11) is 1.52. The Morgan fingerprint density at radius 2 is 1.83 bits per heavy atom. The van der Waals surface area contributed by atoms with Crippen LogP contribution in [0.2, 0.25) is 0 Å². The fourth-order valence-electron chi connectivity index (χ4n) is 2.76. The maximum Gasteiger partial charge on any atom is 0.243 e. The molecule has 0 unspecified atom stereocenters. The number of para-hydroxylation sites is 1. The van der Waals surface area contributed by atoms with Gasteiger partial charge in [0.05, 0.1) is 18.8 Å². The lowest BCUT2D eigenvalue weighted by Crippen LogP contribution is -2.41. The molecule has 3 aromatic rings. The predicted molar refractivity (Wildman–Crippen MR) is 104 cm³/mol. The number of rotatable bonds is 5. The number of halogens is 3. The molecule has 1 aromatic heterocycles. The van der Waals surface area contributed by atoms with Crippen molar-refractivity contribution in [2.24, 2.45) is 4.99 Å². The summed E-state index contributed by atoms with van der Waals surface area (Å²) >= 11 is 0. The molecule has 2 aromatic carbocycles. The Morgan fingerprint density at radius 3 is 2.55 bits per heavy atom. The third-order valence-corrected chi connectivity index (χ3v) is 4.31. The minimum atomic E-state index is -1.64. The summed E-state index contributed by atoms with van der Waals surface area (Å²) in [4.78, 5) is 16.0. The van der Waals surface area contributed by atoms with Crippen LogP contribution in [-0.4, -0.2) is 25.5 Å². The molecule has 1 heterocycles. The summed E-state index contributed by atoms with van der Waals surface area (Å²) in [5.41, 5.74) is 1.32. The molecule has 0 aliphatic heterocycles. The molecule has 152 valence electrons. The van der Waals surface area contributed by atoms with Crippen LogP contribution in [0.3, 0.4) is 0 Å². The van der Waals surface area contributed by atoms with Gasteiger partial charge in [-0.15, -0.1) is 0 Å². The number of furan rings is 1. The maximum atomic E-state index is 13.6. The standard InChI is InChI=1S/C20H19F3N4O2/c1-11-12-5-3-4-6-15(12)29-16(11)9-25-20(24-2)26-10-17(28)27-14-8-7-13(21)18(22)19(14)23/h3-8H,9-10H2,1-2H3,(H,27,28)(H2,24,25,26). The van der Waals surface area contributed by atoms with Crippen LogP contribution < -0.4 is 16.0 Å². The monoisotopic (exact) mass is 404 g/mol. The highest BCUT2D eigenvalue weighted by molar-refractivity contribution is 5.95. The van der Waals surface area contributed by atoms with E-state index in [4.69, 9.17) is 4.42 Å². The highest BCUT2D eigenvalue weighted by Crippen LogP contribution is 2.24. The largest absolute Gasteiger partial charge is 0.459 e. The molecule has 3 N–H and O–H groups in total. The smallest absolute Gasteiger partial charge is 0.243 e. The molecule has 0 radical (unpaired) electrons. The fourth-order valence-corrected chi connectivity index (χ4v) is 2.76. The fraction of sp³-hybridized carbons (Fsp3) is 0.200. The summed E-state index contributed by atoms with van der Waals surface area (Å²) in [6.07, 6.45) is 0. The van der Waals surface area contributed by atoms with E-state index in [0.717, 1.165) is 34.4 Å². The van der Waals surface area contributed by atoms with Crippen molar-refractivity contribution >= 4 is 28.5 Å². The Balaban J connectivity index is 1.55. The molecule has 0 aliphatic rings. The Bertz CT molecular complexity index is 1080. The molecule has 0 saturated heterocycles. The highest BCUT2D eigenvalue weighted by atomic mass is 19.2. The zero-order chi connectivity index (χ0) is 21.0. The second kappa shape index (κ2) is 8.68. The van der Waals surface area contributed by atoms with Crippen molar-refractivity contribution in [3.8, 4) is 0 Å². The summed E-state index contributed by atoms with van der Waals surface area (Å²) in [5, 5.41) is 8.96. The maximum absolute atomic E-state index is 13.6. The Hall–Kier alpha value is -3.49. The molecule has 0 fully saturated rings. The van der Waals surface area contributed by atoms with E-state index in [0.29, 0.717) is 12.5 Å². The van der Waals surface area contributed by atoms with Gasteiger partial charge in [0.25, 0.3) is 0 Å². The van der Waals surface area contributed by atoms with E-state index in [-0.39, 0.29) is 6.54 Å². The number of carbonyl (C=O) groups is 1. The average Bonchev–Trinajstić information content (AvgIpc) is 3.04. The summed E-state index contributed by atoms with van der Waals surface area (Å²) in [5.74, 6) is -4.05. The zero-order valence-electron chi connectivity index (χ0n) is 15.8. The SMILES string of the molecule is CN=C(NCC(=O)Nc1ccc(F)c(F)c1F)NCc1oc2ccccc2c1C. The molecule has 0 aliphatic carbocycles. The lowest BCUT2D eigenvalue weighted by molar-refractivity contribution is -0.115. The minimum absolute atomic E-state index is 0.267. The van der Waals surface area contributed by atoms with Gasteiger partial charge in [0.2, 0.25) is 5.91 Å². The Labute approximate surface area is 164 Å². The molecule has 0 spiro atoms. The van der Waals surface area contributed by atoms with Crippen molar-refractivity contribution in [2.45, 2.75) is 13.5 Å². The van der Waals surface area contributed by atoms with E-state index < -0.39 is 29.0 Å². The van der Waals surface area contributed by atoms with Crippen LogP contribution in [0.25, 0.3) is 11.0 Å². The first-order valence-corrected chi connectivity index (χ1v) is 8.75. The van der Waals surface area contributed by atoms with Crippen LogP contribution >= 0.6 is 0 Å². The summed E-state index contributed by atoms with van der Waals surface area (Å²) in [6.45, 7) is 2.01. The van der Waals surface area contributed by atoms with Crippen LogP contribution in [0.5, 0.6) is 0 Å². The first-order chi connectivity index (χ1) is 13.9. The number of guanidine groups is 1. The average molecular weight is 404 g/mol. The number of anilines is 1. The molecule has 3 rings (SSSR count). The first-order valence-electron chi connectivity index (χ1n) is 8.75. The van der Waals surface area contributed by atoms with Crippen molar-refractivity contribution in [1.29, 1.82) is 0 Å². The van der Waals surface area contributed by atoms with Crippen molar-refractivity contribution in [3.05, 3.63) is 65.2 Å². The predicted octanol–water partition coefficient (Wildman–Crippen LogP) is 3.46. The Kier molecular flexibility index (Phi) is 6.06. The van der Waals surface area contributed by atoms with Crippen LogP contribution in [0.4, 0.5) is 18.9 Å². The van der Waals surface area contributed by atoms with E-state index >= 15 is 0 Å². The van der Waals surface area contributed by atoms with Gasteiger partial charge < -0.3 is 20.4 Å². The van der Waals surface area contributed by atoms with Gasteiger partial charge >= 0.3 is 0 Å². The molecular formula is C20H19F3N4O2.